The molecule has 0 saturated carbocycles. The highest BCUT2D eigenvalue weighted by Crippen LogP contribution is 2.27. The number of fused-ring (bicyclic) bond motifs is 1. The highest BCUT2D eigenvalue weighted by atomic mass is 35.5. The topological polar surface area (TPSA) is 101 Å². The number of non-ortho nitro benzene ring substituents is 1. The van der Waals surface area contributed by atoms with E-state index in [0.29, 0.717) is 15.9 Å². The number of thioether (sulfide) groups is 1. The number of hydrogen-bond donors (Lipinski definition) is 2. The van der Waals surface area contributed by atoms with E-state index in [9.17, 15) is 14.9 Å². The number of H-pyrrole nitrogens is 1. The number of amides is 1. The van der Waals surface area contributed by atoms with Gasteiger partial charge in [-0.25, -0.2) is 4.98 Å². The van der Waals surface area contributed by atoms with Crippen LogP contribution in [0.2, 0.25) is 10.0 Å². The summed E-state index contributed by atoms with van der Waals surface area (Å²) >= 11 is 13.1. The number of aromatic nitrogens is 2. The predicted octanol–water partition coefficient (Wildman–Crippen LogP) is 4.51. The molecule has 25 heavy (non-hydrogen) atoms. The zero-order valence-electron chi connectivity index (χ0n) is 12.5. The molecule has 3 aromatic rings. The predicted molar refractivity (Wildman–Crippen MR) is 98.6 cm³/mol. The van der Waals surface area contributed by atoms with Crippen LogP contribution in [0.5, 0.6) is 0 Å². The first kappa shape index (κ1) is 17.5. The van der Waals surface area contributed by atoms with Crippen LogP contribution in [0.25, 0.3) is 11.0 Å². The third-order valence-corrected chi connectivity index (χ3v) is 4.62. The second kappa shape index (κ2) is 7.30. The Labute approximate surface area is 155 Å². The number of anilines is 1. The third kappa shape index (κ3) is 4.22. The molecule has 128 valence electrons. The summed E-state index contributed by atoms with van der Waals surface area (Å²) in [5.41, 5.74) is 1.71. The maximum atomic E-state index is 12.0. The lowest BCUT2D eigenvalue weighted by atomic mass is 10.3. The summed E-state index contributed by atoms with van der Waals surface area (Å²) in [7, 11) is 0. The zero-order valence-corrected chi connectivity index (χ0v) is 14.8. The van der Waals surface area contributed by atoms with E-state index in [0.717, 1.165) is 11.0 Å². The Morgan fingerprint density at radius 2 is 2.08 bits per heavy atom. The summed E-state index contributed by atoms with van der Waals surface area (Å²) in [6.45, 7) is 0. The van der Waals surface area contributed by atoms with Crippen LogP contribution in [0.4, 0.5) is 11.4 Å². The van der Waals surface area contributed by atoms with Gasteiger partial charge < -0.3 is 10.3 Å². The van der Waals surface area contributed by atoms with Crippen molar-refractivity contribution in [1.29, 1.82) is 0 Å². The number of nitrogens with one attached hydrogen (secondary N) is 2. The number of benzene rings is 2. The quantitative estimate of drug-likeness (QED) is 0.375. The number of rotatable bonds is 5. The second-order valence-electron chi connectivity index (χ2n) is 4.96. The van der Waals surface area contributed by atoms with E-state index in [2.05, 4.69) is 15.3 Å². The fraction of sp³-hybridized carbons (Fsp3) is 0.0667. The average molecular weight is 397 g/mol. The number of imidazole rings is 1. The summed E-state index contributed by atoms with van der Waals surface area (Å²) in [6, 6.07) is 9.14. The van der Waals surface area contributed by atoms with Crippen LogP contribution in [-0.2, 0) is 4.79 Å². The number of nitrogens with zero attached hydrogens (tertiary/aromatic N) is 2. The van der Waals surface area contributed by atoms with Crippen molar-refractivity contribution in [2.45, 2.75) is 5.16 Å². The molecule has 0 aliphatic heterocycles. The van der Waals surface area contributed by atoms with Crippen molar-refractivity contribution < 1.29 is 9.72 Å². The minimum atomic E-state index is -0.554. The smallest absolute Gasteiger partial charge is 0.271 e. The van der Waals surface area contributed by atoms with E-state index in [4.69, 9.17) is 23.2 Å². The van der Waals surface area contributed by atoms with E-state index in [1.165, 1.54) is 30.0 Å². The molecular formula is C15H10Cl2N4O3S. The largest absolute Gasteiger partial charge is 0.333 e. The van der Waals surface area contributed by atoms with E-state index in [-0.39, 0.29) is 22.4 Å². The third-order valence-electron chi connectivity index (χ3n) is 3.20. The van der Waals surface area contributed by atoms with Gasteiger partial charge in [-0.15, -0.1) is 0 Å². The molecule has 0 bridgehead atoms. The SMILES string of the molecule is O=C(CSc1nc2ccc(Cl)cc2[nH]1)Nc1ccc([N+](=O)[O-])cc1Cl. The summed E-state index contributed by atoms with van der Waals surface area (Å²) in [4.78, 5) is 29.6. The van der Waals surface area contributed by atoms with Crippen molar-refractivity contribution in [2.75, 3.05) is 11.1 Å². The van der Waals surface area contributed by atoms with E-state index in [1.54, 1.807) is 18.2 Å². The molecular weight excluding hydrogens is 387 g/mol. The maximum absolute atomic E-state index is 12.0. The monoisotopic (exact) mass is 396 g/mol. The lowest BCUT2D eigenvalue weighted by Gasteiger charge is -2.06. The second-order valence-corrected chi connectivity index (χ2v) is 6.77. The first-order valence-corrected chi connectivity index (χ1v) is 8.68. The van der Waals surface area contributed by atoms with Crippen LogP contribution in [-0.4, -0.2) is 26.6 Å². The molecule has 0 atom stereocenters. The van der Waals surface area contributed by atoms with Gasteiger partial charge in [0.1, 0.15) is 0 Å². The van der Waals surface area contributed by atoms with E-state index < -0.39 is 4.92 Å². The van der Waals surface area contributed by atoms with Gasteiger partial charge in [-0.3, -0.25) is 14.9 Å². The van der Waals surface area contributed by atoms with Crippen molar-refractivity contribution in [2.24, 2.45) is 0 Å². The number of aromatic amines is 1. The molecule has 0 aliphatic carbocycles. The molecule has 0 radical (unpaired) electrons. The van der Waals surface area contributed by atoms with Crippen LogP contribution in [0, 0.1) is 10.1 Å². The first-order valence-electron chi connectivity index (χ1n) is 6.94. The molecule has 2 aromatic carbocycles. The van der Waals surface area contributed by atoms with Gasteiger partial charge in [0, 0.05) is 17.2 Å². The molecule has 1 heterocycles. The standard InChI is InChI=1S/C15H10Cl2N4O3S/c16-8-1-3-12-13(5-8)20-15(19-12)25-7-14(22)18-11-4-2-9(21(23)24)6-10(11)17/h1-6H,7H2,(H,18,22)(H,19,20). The Hall–Kier alpha value is -2.29. The van der Waals surface area contributed by atoms with Gasteiger partial charge >= 0.3 is 0 Å². The molecule has 0 spiro atoms. The molecule has 7 nitrogen and oxygen atoms in total. The number of carbonyl (C=O) groups is 1. The van der Waals surface area contributed by atoms with E-state index in [1.807, 2.05) is 0 Å². The number of halogens is 2. The van der Waals surface area contributed by atoms with E-state index >= 15 is 0 Å². The van der Waals surface area contributed by atoms with Gasteiger partial charge in [0.05, 0.1) is 32.4 Å². The number of nitro benzene ring substituents is 1. The van der Waals surface area contributed by atoms with Crippen LogP contribution in [0.1, 0.15) is 0 Å². The molecule has 0 saturated heterocycles. The number of carbonyl (C=O) groups excluding carboxylic acids is 1. The molecule has 2 N–H and O–H groups in total. The first-order chi connectivity index (χ1) is 11.9. The Morgan fingerprint density at radius 3 is 2.80 bits per heavy atom. The number of hydrogen-bond acceptors (Lipinski definition) is 5. The lowest BCUT2D eigenvalue weighted by Crippen LogP contribution is -2.14. The van der Waals surface area contributed by atoms with Crippen molar-refractivity contribution >= 4 is 63.3 Å². The van der Waals surface area contributed by atoms with Crippen molar-refractivity contribution in [3.05, 3.63) is 56.6 Å². The summed E-state index contributed by atoms with van der Waals surface area (Å²) in [5.74, 6) is -0.208. The molecule has 0 unspecified atom stereocenters. The molecule has 1 amide bonds. The molecule has 0 aliphatic rings. The molecule has 1 aromatic heterocycles. The fourth-order valence-electron chi connectivity index (χ4n) is 2.07. The highest BCUT2D eigenvalue weighted by molar-refractivity contribution is 7.99. The van der Waals surface area contributed by atoms with Crippen LogP contribution >= 0.6 is 35.0 Å². The van der Waals surface area contributed by atoms with Crippen molar-refractivity contribution in [3.8, 4) is 0 Å². The fourth-order valence-corrected chi connectivity index (χ4v) is 3.15. The van der Waals surface area contributed by atoms with Gasteiger partial charge in [0.25, 0.3) is 5.69 Å². The Balaban J connectivity index is 1.63. The van der Waals surface area contributed by atoms with Crippen LogP contribution in [0.15, 0.2) is 41.6 Å². The highest BCUT2D eigenvalue weighted by Gasteiger charge is 2.12. The zero-order chi connectivity index (χ0) is 18.0. The van der Waals surface area contributed by atoms with Gasteiger partial charge in [-0.1, -0.05) is 35.0 Å². The lowest BCUT2D eigenvalue weighted by molar-refractivity contribution is -0.384. The minimum Gasteiger partial charge on any atom is -0.333 e. The molecule has 3 rings (SSSR count). The van der Waals surface area contributed by atoms with Crippen molar-refractivity contribution in [1.82, 2.24) is 9.97 Å². The Bertz CT molecular complexity index is 977. The van der Waals surface area contributed by atoms with Gasteiger partial charge in [-0.05, 0) is 24.3 Å². The minimum absolute atomic E-state index is 0.0981. The summed E-state index contributed by atoms with van der Waals surface area (Å²) < 4.78 is 0. The summed E-state index contributed by atoms with van der Waals surface area (Å²) in [6.07, 6.45) is 0. The van der Waals surface area contributed by atoms with Gasteiger partial charge in [0.2, 0.25) is 5.91 Å². The number of nitro groups is 1. The molecule has 0 fully saturated rings. The van der Waals surface area contributed by atoms with Gasteiger partial charge in [-0.2, -0.15) is 0 Å². The van der Waals surface area contributed by atoms with Gasteiger partial charge in [0.15, 0.2) is 5.16 Å². The Kier molecular flexibility index (Phi) is 5.12. The van der Waals surface area contributed by atoms with Crippen LogP contribution in [0.3, 0.4) is 0 Å². The van der Waals surface area contributed by atoms with Crippen LogP contribution < -0.4 is 5.32 Å². The Morgan fingerprint density at radius 1 is 1.28 bits per heavy atom. The average Bonchev–Trinajstić information content (AvgIpc) is 2.96. The summed E-state index contributed by atoms with van der Waals surface area (Å²) in [5, 5.41) is 14.6. The molecule has 10 heteroatoms. The normalized spacial score (nSPS) is 10.8. The maximum Gasteiger partial charge on any atom is 0.271 e. The van der Waals surface area contributed by atoms with Crippen molar-refractivity contribution in [3.63, 3.8) is 0 Å².